The number of benzene rings is 3. The molecule has 0 saturated heterocycles. The number of Topliss-reactive ketones (excluding diaryl/α,β-unsaturated/α-hetero) is 1. The lowest BCUT2D eigenvalue weighted by Crippen LogP contribution is -2.35. The molecule has 1 aliphatic heterocycles. The number of fused-ring (bicyclic) bond motifs is 2. The summed E-state index contributed by atoms with van der Waals surface area (Å²) in [5.41, 5.74) is 4.10. The number of ketones is 1. The smallest absolute Gasteiger partial charge is 0.195 e. The van der Waals surface area contributed by atoms with Crippen LogP contribution in [0.2, 0.25) is 0 Å². The molecule has 0 aliphatic carbocycles. The van der Waals surface area contributed by atoms with Crippen LogP contribution in [0, 0.1) is 0 Å². The Balaban J connectivity index is 1.56. The van der Waals surface area contributed by atoms with Gasteiger partial charge < -0.3 is 4.42 Å². The van der Waals surface area contributed by atoms with Gasteiger partial charge in [0.25, 0.3) is 0 Å². The normalized spacial score (nSPS) is 19.8. The first-order chi connectivity index (χ1) is 16.2. The van der Waals surface area contributed by atoms with Gasteiger partial charge in [0, 0.05) is 20.8 Å². The van der Waals surface area contributed by atoms with Gasteiger partial charge in [0.2, 0.25) is 0 Å². The van der Waals surface area contributed by atoms with Crippen molar-refractivity contribution < 1.29 is 9.21 Å². The second-order valence-corrected chi connectivity index (χ2v) is 11.9. The molecular formula is C30H28O3S. The summed E-state index contributed by atoms with van der Waals surface area (Å²) >= 11 is 1.68. The monoisotopic (exact) mass is 468 g/mol. The number of thioether (sulfide) groups is 1. The third kappa shape index (κ3) is 3.90. The van der Waals surface area contributed by atoms with Crippen molar-refractivity contribution in [3.63, 3.8) is 0 Å². The van der Waals surface area contributed by atoms with Crippen LogP contribution in [-0.2, 0) is 11.8 Å². The summed E-state index contributed by atoms with van der Waals surface area (Å²) in [6.07, 6.45) is 2.01. The van der Waals surface area contributed by atoms with E-state index in [2.05, 4.69) is 45.9 Å². The van der Waals surface area contributed by atoms with Crippen molar-refractivity contribution in [1.82, 2.24) is 0 Å². The zero-order valence-corrected chi connectivity index (χ0v) is 20.7. The number of hydrogen-bond donors (Lipinski definition) is 0. The lowest BCUT2D eigenvalue weighted by molar-refractivity contribution is 0.0944. The molecule has 4 aromatic rings. The van der Waals surface area contributed by atoms with Gasteiger partial charge in [0.05, 0.1) is 17.6 Å². The summed E-state index contributed by atoms with van der Waals surface area (Å²) in [7, 11) is 0. The fourth-order valence-corrected chi connectivity index (χ4v) is 6.46. The lowest BCUT2D eigenvalue weighted by atomic mass is 9.78. The molecular weight excluding hydrogens is 440 g/mol. The molecule has 0 N–H and O–H groups in total. The lowest BCUT2D eigenvalue weighted by Gasteiger charge is -2.30. The average Bonchev–Trinajstić information content (AvgIpc) is 3.11. The molecule has 34 heavy (non-hydrogen) atoms. The van der Waals surface area contributed by atoms with Gasteiger partial charge in [-0.1, -0.05) is 75.4 Å². The van der Waals surface area contributed by atoms with Crippen molar-refractivity contribution in [3.8, 4) is 0 Å². The van der Waals surface area contributed by atoms with Crippen LogP contribution in [0.1, 0.15) is 60.7 Å². The van der Waals surface area contributed by atoms with Crippen molar-refractivity contribution in [1.29, 1.82) is 0 Å². The molecule has 3 nitrogen and oxygen atoms in total. The number of rotatable bonds is 4. The standard InChI is InChI=1S/C30H28O3S/c1-29(2,3)21-15-13-19(14-16-21)28(32)26-23-10-6-8-12-25(23)34-30(26,4)17-20-18-33-24-11-7-5-9-22(24)27(20)31/h5-16,18,26H,17H2,1-4H3. The van der Waals surface area contributed by atoms with Gasteiger partial charge in [0.15, 0.2) is 11.2 Å². The molecule has 0 amide bonds. The Hall–Kier alpha value is -3.11. The molecule has 4 heteroatoms. The van der Waals surface area contributed by atoms with E-state index in [1.54, 1.807) is 30.2 Å². The summed E-state index contributed by atoms with van der Waals surface area (Å²) in [4.78, 5) is 28.3. The molecule has 2 atom stereocenters. The maximum Gasteiger partial charge on any atom is 0.195 e. The summed E-state index contributed by atoms with van der Waals surface area (Å²) < 4.78 is 5.27. The van der Waals surface area contributed by atoms with Crippen LogP contribution in [0.25, 0.3) is 11.0 Å². The fraction of sp³-hybridized carbons (Fsp3) is 0.267. The van der Waals surface area contributed by atoms with Gasteiger partial charge in [-0.2, -0.15) is 0 Å². The zero-order valence-electron chi connectivity index (χ0n) is 19.9. The van der Waals surface area contributed by atoms with Crippen molar-refractivity contribution >= 4 is 28.5 Å². The summed E-state index contributed by atoms with van der Waals surface area (Å²) in [5, 5.41) is 0.574. The van der Waals surface area contributed by atoms with E-state index < -0.39 is 4.75 Å². The van der Waals surface area contributed by atoms with Crippen LogP contribution in [-0.4, -0.2) is 10.5 Å². The average molecular weight is 469 g/mol. The highest BCUT2D eigenvalue weighted by Crippen LogP contribution is 2.55. The van der Waals surface area contributed by atoms with Crippen LogP contribution in [0.15, 0.2) is 93.2 Å². The SMILES string of the molecule is CC(C)(C)c1ccc(C(=O)C2c3ccccc3SC2(C)Cc2coc3ccccc3c2=O)cc1. The van der Waals surface area contributed by atoms with Crippen molar-refractivity contribution in [3.05, 3.63) is 112 Å². The van der Waals surface area contributed by atoms with E-state index in [-0.39, 0.29) is 22.5 Å². The van der Waals surface area contributed by atoms with E-state index in [0.29, 0.717) is 28.5 Å². The van der Waals surface area contributed by atoms with E-state index in [1.807, 2.05) is 42.5 Å². The number of carbonyl (C=O) groups is 1. The third-order valence-electron chi connectivity index (χ3n) is 6.77. The first-order valence-corrected chi connectivity index (χ1v) is 12.4. The molecule has 2 heterocycles. The zero-order chi connectivity index (χ0) is 24.1. The molecule has 3 aromatic carbocycles. The maximum absolute atomic E-state index is 14.0. The molecule has 0 radical (unpaired) electrons. The van der Waals surface area contributed by atoms with E-state index in [4.69, 9.17) is 4.42 Å². The van der Waals surface area contributed by atoms with Crippen LogP contribution >= 0.6 is 11.8 Å². The van der Waals surface area contributed by atoms with E-state index in [1.165, 1.54) is 5.56 Å². The Bertz CT molecular complexity index is 1440. The Morgan fingerprint density at radius 1 is 0.971 bits per heavy atom. The Morgan fingerprint density at radius 2 is 1.65 bits per heavy atom. The first kappa shape index (κ1) is 22.7. The molecule has 1 aliphatic rings. The minimum Gasteiger partial charge on any atom is -0.464 e. The van der Waals surface area contributed by atoms with E-state index in [9.17, 15) is 9.59 Å². The molecule has 0 bridgehead atoms. The Morgan fingerprint density at radius 3 is 2.38 bits per heavy atom. The van der Waals surface area contributed by atoms with Gasteiger partial charge in [-0.25, -0.2) is 0 Å². The summed E-state index contributed by atoms with van der Waals surface area (Å²) in [6, 6.07) is 23.4. The predicted molar refractivity (Wildman–Crippen MR) is 139 cm³/mol. The maximum atomic E-state index is 14.0. The van der Waals surface area contributed by atoms with Crippen molar-refractivity contribution in [2.24, 2.45) is 0 Å². The highest BCUT2D eigenvalue weighted by atomic mass is 32.2. The molecule has 0 fully saturated rings. The van der Waals surface area contributed by atoms with Crippen molar-refractivity contribution in [2.45, 2.75) is 55.1 Å². The van der Waals surface area contributed by atoms with Gasteiger partial charge in [-0.05, 0) is 48.1 Å². The molecule has 5 rings (SSSR count). The van der Waals surface area contributed by atoms with E-state index in [0.717, 1.165) is 10.5 Å². The summed E-state index contributed by atoms with van der Waals surface area (Å²) in [5.74, 6) is -0.273. The van der Waals surface area contributed by atoms with Crippen LogP contribution < -0.4 is 5.43 Å². The van der Waals surface area contributed by atoms with Crippen LogP contribution in [0.4, 0.5) is 0 Å². The van der Waals surface area contributed by atoms with Gasteiger partial charge in [0.1, 0.15) is 5.58 Å². The minimum absolute atomic E-state index is 0.0238. The largest absolute Gasteiger partial charge is 0.464 e. The summed E-state index contributed by atoms with van der Waals surface area (Å²) in [6.45, 7) is 8.60. The predicted octanol–water partition coefficient (Wildman–Crippen LogP) is 7.16. The molecule has 0 spiro atoms. The van der Waals surface area contributed by atoms with Crippen LogP contribution in [0.5, 0.6) is 0 Å². The van der Waals surface area contributed by atoms with Gasteiger partial charge in [-0.15, -0.1) is 11.8 Å². The highest BCUT2D eigenvalue weighted by Gasteiger charge is 2.48. The van der Waals surface area contributed by atoms with Gasteiger partial charge in [-0.3, -0.25) is 9.59 Å². The fourth-order valence-electron chi connectivity index (χ4n) is 4.93. The second-order valence-electron chi connectivity index (χ2n) is 10.3. The molecule has 0 saturated carbocycles. The minimum atomic E-state index is -0.513. The van der Waals surface area contributed by atoms with Crippen molar-refractivity contribution in [2.75, 3.05) is 0 Å². The Labute approximate surface area is 204 Å². The molecule has 1 aromatic heterocycles. The Kier molecular flexibility index (Phi) is 5.52. The topological polar surface area (TPSA) is 47.3 Å². The number of carbonyl (C=O) groups excluding carboxylic acids is 1. The number of hydrogen-bond acceptors (Lipinski definition) is 4. The first-order valence-electron chi connectivity index (χ1n) is 11.6. The highest BCUT2D eigenvalue weighted by molar-refractivity contribution is 8.01. The van der Waals surface area contributed by atoms with Crippen LogP contribution in [0.3, 0.4) is 0 Å². The third-order valence-corrected chi connectivity index (χ3v) is 8.21. The quantitative estimate of drug-likeness (QED) is 0.298. The molecule has 172 valence electrons. The second kappa shape index (κ2) is 8.28. The van der Waals surface area contributed by atoms with Gasteiger partial charge >= 0.3 is 0 Å². The molecule has 2 unspecified atom stereocenters. The van der Waals surface area contributed by atoms with E-state index >= 15 is 0 Å². The number of para-hydroxylation sites is 1.